The molecule has 0 amide bonds. The topological polar surface area (TPSA) is 120 Å². The molecule has 100 valence electrons. The first kappa shape index (κ1) is 12.9. The minimum Gasteiger partial charge on any atom is -0.478 e. The Morgan fingerprint density at radius 2 is 2.32 bits per heavy atom. The number of benzene rings is 1. The van der Waals surface area contributed by atoms with Crippen molar-refractivity contribution in [3.05, 3.63) is 27.8 Å². The van der Waals surface area contributed by atoms with Crippen LogP contribution in [0, 0.1) is 10.1 Å². The molecule has 0 bridgehead atoms. The number of hydrogen-bond acceptors (Lipinski definition) is 6. The summed E-state index contributed by atoms with van der Waals surface area (Å²) in [6.07, 6.45) is 0. The molecule has 0 aliphatic heterocycles. The van der Waals surface area contributed by atoms with E-state index < -0.39 is 10.9 Å². The highest BCUT2D eigenvalue weighted by Gasteiger charge is 2.22. The molecule has 0 unspecified atom stereocenters. The van der Waals surface area contributed by atoms with Gasteiger partial charge in [-0.15, -0.1) is 5.10 Å². The number of aromatic nitrogens is 3. The van der Waals surface area contributed by atoms with Gasteiger partial charge in [-0.1, -0.05) is 5.21 Å². The summed E-state index contributed by atoms with van der Waals surface area (Å²) in [5.41, 5.74) is -0.177. The van der Waals surface area contributed by atoms with Crippen molar-refractivity contribution in [1.29, 1.82) is 0 Å². The number of aromatic carboxylic acids is 1. The van der Waals surface area contributed by atoms with Gasteiger partial charge in [0, 0.05) is 13.2 Å². The van der Waals surface area contributed by atoms with Crippen LogP contribution in [0.25, 0.3) is 11.0 Å². The third-order valence-corrected chi connectivity index (χ3v) is 2.54. The Balaban J connectivity index is 2.64. The molecule has 0 atom stereocenters. The summed E-state index contributed by atoms with van der Waals surface area (Å²) < 4.78 is 6.20. The predicted octanol–water partition coefficient (Wildman–Crippen LogP) is 0.684. The fraction of sp³-hybridized carbons (Fsp3) is 0.300. The minimum absolute atomic E-state index is 0.169. The fourth-order valence-electron chi connectivity index (χ4n) is 1.69. The number of methoxy groups -OCH3 is 1. The summed E-state index contributed by atoms with van der Waals surface area (Å²) >= 11 is 0. The third-order valence-electron chi connectivity index (χ3n) is 2.54. The molecule has 2 rings (SSSR count). The van der Waals surface area contributed by atoms with Crippen molar-refractivity contribution in [1.82, 2.24) is 15.0 Å². The van der Waals surface area contributed by atoms with Crippen molar-refractivity contribution in [3.8, 4) is 0 Å². The second-order valence-corrected chi connectivity index (χ2v) is 3.73. The number of carboxylic acid groups (broad SMARTS) is 1. The number of hydrogen-bond donors (Lipinski definition) is 1. The van der Waals surface area contributed by atoms with Crippen LogP contribution in [0.3, 0.4) is 0 Å². The summed E-state index contributed by atoms with van der Waals surface area (Å²) in [5, 5.41) is 27.4. The second-order valence-electron chi connectivity index (χ2n) is 3.73. The van der Waals surface area contributed by atoms with Gasteiger partial charge >= 0.3 is 5.97 Å². The number of nitrogens with zero attached hydrogens (tertiary/aromatic N) is 4. The van der Waals surface area contributed by atoms with Gasteiger partial charge in [0.2, 0.25) is 0 Å². The number of nitro groups is 1. The van der Waals surface area contributed by atoms with Gasteiger partial charge < -0.3 is 9.84 Å². The van der Waals surface area contributed by atoms with Gasteiger partial charge in [0.25, 0.3) is 5.69 Å². The van der Waals surface area contributed by atoms with Crippen molar-refractivity contribution >= 4 is 22.7 Å². The van der Waals surface area contributed by atoms with E-state index in [0.29, 0.717) is 13.2 Å². The normalized spacial score (nSPS) is 10.8. The van der Waals surface area contributed by atoms with Crippen molar-refractivity contribution in [2.75, 3.05) is 13.7 Å². The zero-order valence-corrected chi connectivity index (χ0v) is 9.94. The minimum atomic E-state index is -1.25. The first-order valence-corrected chi connectivity index (χ1v) is 5.28. The SMILES string of the molecule is COCCn1nnc2cc(C(=O)O)cc([N+](=O)[O-])c21. The first-order valence-electron chi connectivity index (χ1n) is 5.28. The number of nitro benzene ring substituents is 1. The lowest BCUT2D eigenvalue weighted by atomic mass is 10.1. The molecule has 19 heavy (non-hydrogen) atoms. The Kier molecular flexibility index (Phi) is 3.38. The Morgan fingerprint density at radius 1 is 1.58 bits per heavy atom. The van der Waals surface area contributed by atoms with E-state index in [9.17, 15) is 14.9 Å². The Bertz CT molecular complexity index is 651. The summed E-state index contributed by atoms with van der Waals surface area (Å²) in [6, 6.07) is 2.25. The summed E-state index contributed by atoms with van der Waals surface area (Å²) in [4.78, 5) is 21.3. The lowest BCUT2D eigenvalue weighted by Gasteiger charge is -2.02. The van der Waals surface area contributed by atoms with Gasteiger partial charge in [-0.3, -0.25) is 10.1 Å². The average molecular weight is 266 g/mol. The molecular weight excluding hydrogens is 256 g/mol. The van der Waals surface area contributed by atoms with Gasteiger partial charge in [0.1, 0.15) is 5.52 Å². The molecule has 1 aromatic carbocycles. The van der Waals surface area contributed by atoms with Gasteiger partial charge in [-0.05, 0) is 6.07 Å². The van der Waals surface area contributed by atoms with Crippen molar-refractivity contribution < 1.29 is 19.6 Å². The molecule has 0 aliphatic carbocycles. The quantitative estimate of drug-likeness (QED) is 0.624. The monoisotopic (exact) mass is 266 g/mol. The van der Waals surface area contributed by atoms with Gasteiger partial charge in [0.15, 0.2) is 5.52 Å². The van der Waals surface area contributed by atoms with E-state index in [4.69, 9.17) is 9.84 Å². The zero-order valence-electron chi connectivity index (χ0n) is 9.94. The van der Waals surface area contributed by atoms with Crippen molar-refractivity contribution in [2.45, 2.75) is 6.54 Å². The highest BCUT2D eigenvalue weighted by Crippen LogP contribution is 2.26. The molecular formula is C10H10N4O5. The van der Waals surface area contributed by atoms with E-state index in [1.807, 2.05) is 0 Å². The van der Waals surface area contributed by atoms with Gasteiger partial charge in [0.05, 0.1) is 23.6 Å². The van der Waals surface area contributed by atoms with Crippen molar-refractivity contribution in [3.63, 3.8) is 0 Å². The molecule has 0 radical (unpaired) electrons. The maximum Gasteiger partial charge on any atom is 0.336 e. The van der Waals surface area contributed by atoms with Crippen LogP contribution >= 0.6 is 0 Å². The highest BCUT2D eigenvalue weighted by atomic mass is 16.6. The smallest absolute Gasteiger partial charge is 0.336 e. The molecule has 1 heterocycles. The molecule has 0 spiro atoms. The molecule has 0 fully saturated rings. The highest BCUT2D eigenvalue weighted by molar-refractivity contribution is 5.96. The van der Waals surface area contributed by atoms with Crippen LogP contribution in [0.2, 0.25) is 0 Å². The van der Waals surface area contributed by atoms with E-state index in [1.54, 1.807) is 0 Å². The molecule has 9 heteroatoms. The van der Waals surface area contributed by atoms with E-state index in [0.717, 1.165) is 6.07 Å². The van der Waals surface area contributed by atoms with Crippen LogP contribution in [0.15, 0.2) is 12.1 Å². The largest absolute Gasteiger partial charge is 0.478 e. The van der Waals surface area contributed by atoms with Crippen LogP contribution in [0.1, 0.15) is 10.4 Å². The van der Waals surface area contributed by atoms with Crippen molar-refractivity contribution in [2.24, 2.45) is 0 Å². The molecule has 1 N–H and O–H groups in total. The number of carboxylic acids is 1. The maximum atomic E-state index is 11.0. The van der Waals surface area contributed by atoms with Crippen LogP contribution < -0.4 is 0 Å². The first-order chi connectivity index (χ1) is 9.04. The lowest BCUT2D eigenvalue weighted by molar-refractivity contribution is -0.383. The summed E-state index contributed by atoms with van der Waals surface area (Å²) in [7, 11) is 1.50. The van der Waals surface area contributed by atoms with Gasteiger partial charge in [-0.25, -0.2) is 9.48 Å². The third kappa shape index (κ3) is 2.36. The fourth-order valence-corrected chi connectivity index (χ4v) is 1.69. The standard InChI is InChI=1S/C10H10N4O5/c1-19-3-2-13-9-7(11-12-13)4-6(10(15)16)5-8(9)14(17)18/h4-5H,2-3H2,1H3,(H,15,16). The van der Waals surface area contributed by atoms with Crippen LogP contribution in [-0.4, -0.2) is 44.7 Å². The molecule has 0 aliphatic rings. The lowest BCUT2D eigenvalue weighted by Crippen LogP contribution is -2.07. The molecule has 2 aromatic rings. The number of rotatable bonds is 5. The van der Waals surface area contributed by atoms with Crippen LogP contribution in [0.5, 0.6) is 0 Å². The maximum absolute atomic E-state index is 11.0. The molecule has 0 saturated carbocycles. The number of carbonyl (C=O) groups is 1. The van der Waals surface area contributed by atoms with Gasteiger partial charge in [-0.2, -0.15) is 0 Å². The van der Waals surface area contributed by atoms with E-state index in [1.165, 1.54) is 17.9 Å². The Morgan fingerprint density at radius 3 is 2.89 bits per heavy atom. The van der Waals surface area contributed by atoms with Crippen LogP contribution in [0.4, 0.5) is 5.69 Å². The van der Waals surface area contributed by atoms with E-state index in [-0.39, 0.29) is 22.3 Å². The van der Waals surface area contributed by atoms with E-state index in [2.05, 4.69) is 10.3 Å². The summed E-state index contributed by atoms with van der Waals surface area (Å²) in [5.74, 6) is -1.25. The van der Waals surface area contributed by atoms with Crippen LogP contribution in [-0.2, 0) is 11.3 Å². The average Bonchev–Trinajstić information content (AvgIpc) is 2.77. The number of ether oxygens (including phenoxy) is 1. The molecule has 1 aromatic heterocycles. The predicted molar refractivity (Wildman–Crippen MR) is 63.0 cm³/mol. The zero-order chi connectivity index (χ0) is 14.0. The number of non-ortho nitro benzene ring substituents is 1. The molecule has 9 nitrogen and oxygen atoms in total. The Hall–Kier alpha value is -2.55. The Labute approximate surface area is 106 Å². The second kappa shape index (κ2) is 4.98. The molecule has 0 saturated heterocycles. The van der Waals surface area contributed by atoms with E-state index >= 15 is 0 Å². The summed E-state index contributed by atoms with van der Waals surface area (Å²) in [6.45, 7) is 0.608. The number of fused-ring (bicyclic) bond motifs is 1.